The topological polar surface area (TPSA) is 47.7 Å². The molecule has 0 amide bonds. The molecule has 1 aliphatic carbocycles. The molecule has 0 aromatic carbocycles. The van der Waals surface area contributed by atoms with Gasteiger partial charge in [0.25, 0.3) is 0 Å². The molecule has 0 unspecified atom stereocenters. The first-order chi connectivity index (χ1) is 11.4. The predicted molar refractivity (Wildman–Crippen MR) is 84.7 cm³/mol. The minimum atomic E-state index is 0.178. The van der Waals surface area contributed by atoms with E-state index in [1.807, 2.05) is 24.5 Å². The van der Waals surface area contributed by atoms with Gasteiger partial charge in [0.05, 0.1) is 37.9 Å². The van der Waals surface area contributed by atoms with Gasteiger partial charge in [-0.3, -0.25) is 9.88 Å². The Kier molecular flexibility index (Phi) is 4.41. The molecule has 0 radical (unpaired) electrons. The number of furan rings is 1. The van der Waals surface area contributed by atoms with Crippen LogP contribution >= 0.6 is 0 Å². The van der Waals surface area contributed by atoms with Crippen molar-refractivity contribution in [1.82, 2.24) is 9.88 Å². The zero-order valence-corrected chi connectivity index (χ0v) is 13.1. The molecule has 2 fully saturated rings. The number of ether oxygens (including phenoxy) is 2. The van der Waals surface area contributed by atoms with Gasteiger partial charge in [-0.2, -0.15) is 0 Å². The number of pyridine rings is 1. The number of nitrogens with zero attached hydrogens (tertiary/aromatic N) is 2. The maximum atomic E-state index is 6.14. The molecule has 5 heteroatoms. The van der Waals surface area contributed by atoms with Gasteiger partial charge in [0.2, 0.25) is 0 Å². The standard InChI is InChI=1S/C18H22N2O3/c1-2-17(23-13-14-3-6-19-7-4-14)18-16(1)20(8-10-22-18)11-15-5-9-21-12-15/h3-7,9,12,16-18H,1-2,8,10-11,13H2/t16-,17-,18+/m1/s1. The van der Waals surface area contributed by atoms with Crippen LogP contribution in [-0.2, 0) is 22.6 Å². The van der Waals surface area contributed by atoms with Crippen LogP contribution in [0.25, 0.3) is 0 Å². The zero-order chi connectivity index (χ0) is 15.5. The van der Waals surface area contributed by atoms with Crippen LogP contribution in [0.1, 0.15) is 24.0 Å². The third kappa shape index (κ3) is 3.32. The molecule has 122 valence electrons. The van der Waals surface area contributed by atoms with Gasteiger partial charge in [0.1, 0.15) is 0 Å². The second-order valence-electron chi connectivity index (χ2n) is 6.29. The van der Waals surface area contributed by atoms with E-state index in [1.165, 1.54) is 5.56 Å². The van der Waals surface area contributed by atoms with E-state index in [-0.39, 0.29) is 12.2 Å². The Morgan fingerprint density at radius 2 is 2.09 bits per heavy atom. The smallest absolute Gasteiger partial charge is 0.0992 e. The van der Waals surface area contributed by atoms with E-state index in [4.69, 9.17) is 13.9 Å². The molecule has 1 saturated heterocycles. The van der Waals surface area contributed by atoms with Crippen LogP contribution in [0.3, 0.4) is 0 Å². The fraction of sp³-hybridized carbons (Fsp3) is 0.500. The number of hydrogen-bond donors (Lipinski definition) is 0. The molecular formula is C18H22N2O3. The van der Waals surface area contributed by atoms with Gasteiger partial charge in [-0.15, -0.1) is 0 Å². The predicted octanol–water partition coefficient (Wildman–Crippen LogP) is 2.62. The van der Waals surface area contributed by atoms with Crippen molar-refractivity contribution >= 4 is 0 Å². The molecule has 1 aliphatic heterocycles. The summed E-state index contributed by atoms with van der Waals surface area (Å²) in [7, 11) is 0. The van der Waals surface area contributed by atoms with Crippen molar-refractivity contribution in [2.75, 3.05) is 13.2 Å². The van der Waals surface area contributed by atoms with E-state index in [1.54, 1.807) is 18.7 Å². The van der Waals surface area contributed by atoms with Crippen molar-refractivity contribution in [2.24, 2.45) is 0 Å². The molecule has 2 aliphatic rings. The molecule has 2 aromatic heterocycles. The lowest BCUT2D eigenvalue weighted by atomic mass is 10.1. The van der Waals surface area contributed by atoms with Crippen LogP contribution in [0.2, 0.25) is 0 Å². The molecule has 23 heavy (non-hydrogen) atoms. The first-order valence-corrected chi connectivity index (χ1v) is 8.27. The molecule has 4 rings (SSSR count). The van der Waals surface area contributed by atoms with Gasteiger partial charge in [-0.1, -0.05) is 0 Å². The molecule has 5 nitrogen and oxygen atoms in total. The van der Waals surface area contributed by atoms with Gasteiger partial charge < -0.3 is 13.9 Å². The highest BCUT2D eigenvalue weighted by molar-refractivity contribution is 5.09. The fourth-order valence-electron chi connectivity index (χ4n) is 3.67. The second-order valence-corrected chi connectivity index (χ2v) is 6.29. The van der Waals surface area contributed by atoms with Crippen molar-refractivity contribution < 1.29 is 13.9 Å². The normalized spacial score (nSPS) is 27.9. The molecule has 3 heterocycles. The Balaban J connectivity index is 1.37. The largest absolute Gasteiger partial charge is 0.472 e. The van der Waals surface area contributed by atoms with E-state index in [0.29, 0.717) is 12.6 Å². The summed E-state index contributed by atoms with van der Waals surface area (Å²) < 4.78 is 17.4. The first kappa shape index (κ1) is 14.9. The summed E-state index contributed by atoms with van der Waals surface area (Å²) in [4.78, 5) is 6.55. The van der Waals surface area contributed by atoms with E-state index in [9.17, 15) is 0 Å². The molecule has 1 saturated carbocycles. The maximum Gasteiger partial charge on any atom is 0.0992 e. The summed E-state index contributed by atoms with van der Waals surface area (Å²) in [5.74, 6) is 0. The quantitative estimate of drug-likeness (QED) is 0.849. The lowest BCUT2D eigenvalue weighted by Gasteiger charge is -2.38. The Morgan fingerprint density at radius 3 is 2.91 bits per heavy atom. The van der Waals surface area contributed by atoms with Gasteiger partial charge >= 0.3 is 0 Å². The molecule has 0 N–H and O–H groups in total. The minimum absolute atomic E-state index is 0.178. The Labute approximate surface area is 136 Å². The summed E-state index contributed by atoms with van der Waals surface area (Å²) in [5, 5.41) is 0. The highest BCUT2D eigenvalue weighted by atomic mass is 16.5. The van der Waals surface area contributed by atoms with E-state index >= 15 is 0 Å². The van der Waals surface area contributed by atoms with Crippen molar-refractivity contribution in [3.63, 3.8) is 0 Å². The van der Waals surface area contributed by atoms with Gasteiger partial charge in [-0.05, 0) is 36.6 Å². The summed E-state index contributed by atoms with van der Waals surface area (Å²) in [5.41, 5.74) is 2.39. The van der Waals surface area contributed by atoms with Gasteiger partial charge in [-0.25, -0.2) is 0 Å². The zero-order valence-electron chi connectivity index (χ0n) is 13.1. The average Bonchev–Trinajstić information content (AvgIpc) is 3.24. The van der Waals surface area contributed by atoms with E-state index < -0.39 is 0 Å². The van der Waals surface area contributed by atoms with Gasteiger partial charge in [0.15, 0.2) is 0 Å². The Morgan fingerprint density at radius 1 is 1.17 bits per heavy atom. The molecule has 2 aromatic rings. The van der Waals surface area contributed by atoms with Gasteiger partial charge in [0, 0.05) is 37.1 Å². The van der Waals surface area contributed by atoms with Crippen LogP contribution in [0.5, 0.6) is 0 Å². The highest BCUT2D eigenvalue weighted by Gasteiger charge is 2.43. The molecule has 0 bridgehead atoms. The van der Waals surface area contributed by atoms with Crippen LogP contribution in [-0.4, -0.2) is 41.3 Å². The molecule has 3 atom stereocenters. The summed E-state index contributed by atoms with van der Waals surface area (Å²) in [6.45, 7) is 3.30. The highest BCUT2D eigenvalue weighted by Crippen LogP contribution is 2.33. The lowest BCUT2D eigenvalue weighted by molar-refractivity contribution is -0.118. The summed E-state index contributed by atoms with van der Waals surface area (Å²) >= 11 is 0. The Bertz CT molecular complexity index is 602. The SMILES string of the molecule is c1cc(CO[C@@H]2CC[C@@H]3[C@@H]2OCCN3Cc2ccoc2)ccn1. The van der Waals surface area contributed by atoms with E-state index in [2.05, 4.69) is 9.88 Å². The third-order valence-corrected chi connectivity index (χ3v) is 4.83. The average molecular weight is 314 g/mol. The Hall–Kier alpha value is -1.69. The summed E-state index contributed by atoms with van der Waals surface area (Å²) in [6, 6.07) is 6.48. The van der Waals surface area contributed by atoms with E-state index in [0.717, 1.165) is 38.1 Å². The number of hydrogen-bond acceptors (Lipinski definition) is 5. The first-order valence-electron chi connectivity index (χ1n) is 8.27. The third-order valence-electron chi connectivity index (χ3n) is 4.83. The maximum absolute atomic E-state index is 6.14. The van der Waals surface area contributed by atoms with Crippen LogP contribution in [0.4, 0.5) is 0 Å². The number of rotatable bonds is 5. The fourth-order valence-corrected chi connectivity index (χ4v) is 3.67. The second kappa shape index (κ2) is 6.83. The molecular weight excluding hydrogens is 292 g/mol. The minimum Gasteiger partial charge on any atom is -0.472 e. The van der Waals surface area contributed by atoms with Crippen molar-refractivity contribution in [3.05, 3.63) is 54.2 Å². The molecule has 0 spiro atoms. The van der Waals surface area contributed by atoms with Crippen LogP contribution < -0.4 is 0 Å². The number of aromatic nitrogens is 1. The number of fused-ring (bicyclic) bond motifs is 1. The lowest BCUT2D eigenvalue weighted by Crippen LogP contribution is -2.51. The van der Waals surface area contributed by atoms with Crippen LogP contribution in [0, 0.1) is 0 Å². The monoisotopic (exact) mass is 314 g/mol. The number of morpholine rings is 1. The van der Waals surface area contributed by atoms with Crippen molar-refractivity contribution in [1.29, 1.82) is 0 Å². The summed E-state index contributed by atoms with van der Waals surface area (Å²) in [6.07, 6.45) is 9.73. The van der Waals surface area contributed by atoms with Crippen LogP contribution in [0.15, 0.2) is 47.5 Å². The van der Waals surface area contributed by atoms with Crippen molar-refractivity contribution in [2.45, 2.75) is 44.2 Å². The van der Waals surface area contributed by atoms with Crippen molar-refractivity contribution in [3.8, 4) is 0 Å².